The Morgan fingerprint density at radius 1 is 1.18 bits per heavy atom. The van der Waals surface area contributed by atoms with Crippen LogP contribution in [-0.4, -0.2) is 15.0 Å². The lowest BCUT2D eigenvalue weighted by atomic mass is 10.2. The maximum Gasteiger partial charge on any atom is 0.449 e. The van der Waals surface area contributed by atoms with Crippen molar-refractivity contribution in [2.75, 3.05) is 0 Å². The highest BCUT2D eigenvalue weighted by Gasteiger charge is 2.34. The van der Waals surface area contributed by atoms with Gasteiger partial charge in [0.1, 0.15) is 4.64 Å². The summed E-state index contributed by atoms with van der Waals surface area (Å²) in [4.78, 5) is 9.25. The molecule has 0 saturated heterocycles. The number of alkyl halides is 3. The summed E-state index contributed by atoms with van der Waals surface area (Å²) in [6.45, 7) is 0. The second kappa shape index (κ2) is 4.25. The molecule has 0 saturated carbocycles. The van der Waals surface area contributed by atoms with Crippen molar-refractivity contribution in [3.63, 3.8) is 0 Å². The second-order valence-electron chi connectivity index (χ2n) is 3.22. The summed E-state index contributed by atoms with van der Waals surface area (Å²) in [7, 11) is 0. The topological polar surface area (TPSA) is 41.6 Å². The number of hydrogen-bond acceptors (Lipinski definition) is 3. The number of hydrogen-bond donors (Lipinski definition) is 1. The van der Waals surface area contributed by atoms with E-state index in [-0.39, 0.29) is 10.3 Å². The molecule has 0 fully saturated rings. The summed E-state index contributed by atoms with van der Waals surface area (Å²) < 4.78 is 37.4. The predicted octanol–water partition coefficient (Wildman–Crippen LogP) is 3.22. The van der Waals surface area contributed by atoms with Gasteiger partial charge in [0.05, 0.1) is 5.69 Å². The monoisotopic (exact) mass is 257 g/mol. The minimum atomic E-state index is -4.55. The third kappa shape index (κ3) is 2.68. The van der Waals surface area contributed by atoms with Crippen LogP contribution in [0, 0.1) is 4.64 Å². The van der Waals surface area contributed by atoms with E-state index in [1.54, 1.807) is 12.1 Å². The average Bonchev–Trinajstić information content (AvgIpc) is 2.28. The fraction of sp³-hybridized carbons (Fsp3) is 0.100. The molecule has 0 unspecified atom stereocenters. The molecule has 0 atom stereocenters. The average molecular weight is 257 g/mol. The number of nitrogens with zero attached hydrogens (tertiary/aromatic N) is 2. The Morgan fingerprint density at radius 3 is 2.41 bits per heavy atom. The standard InChI is InChI=1S/C10H6F3N3S/c11-10(12,13)9-15-7(5-8(17)16-9)6-1-3-14-4-2-6/h1-5H,(H,15,16,17). The SMILES string of the molecule is FC(F)(F)c1nc(=S)cc(-c2ccncc2)[nH]1. The van der Waals surface area contributed by atoms with Gasteiger partial charge in [-0.25, -0.2) is 4.98 Å². The molecule has 0 aromatic carbocycles. The molecule has 0 aliphatic heterocycles. The van der Waals surface area contributed by atoms with E-state index in [1.165, 1.54) is 18.5 Å². The van der Waals surface area contributed by atoms with Crippen LogP contribution < -0.4 is 0 Å². The predicted molar refractivity (Wildman–Crippen MR) is 57.7 cm³/mol. The van der Waals surface area contributed by atoms with E-state index >= 15 is 0 Å². The van der Waals surface area contributed by atoms with Crippen LogP contribution in [0.4, 0.5) is 13.2 Å². The van der Waals surface area contributed by atoms with Gasteiger partial charge in [-0.15, -0.1) is 0 Å². The lowest BCUT2D eigenvalue weighted by Gasteiger charge is -2.08. The van der Waals surface area contributed by atoms with E-state index < -0.39 is 12.0 Å². The van der Waals surface area contributed by atoms with Crippen molar-refractivity contribution in [2.45, 2.75) is 6.18 Å². The van der Waals surface area contributed by atoms with Gasteiger partial charge in [-0.1, -0.05) is 12.2 Å². The zero-order valence-electron chi connectivity index (χ0n) is 8.32. The van der Waals surface area contributed by atoms with Gasteiger partial charge in [-0.05, 0) is 18.2 Å². The summed E-state index contributed by atoms with van der Waals surface area (Å²) in [5.74, 6) is -1.10. The van der Waals surface area contributed by atoms with Gasteiger partial charge in [-0.2, -0.15) is 13.2 Å². The minimum absolute atomic E-state index is 0.108. The van der Waals surface area contributed by atoms with E-state index in [0.29, 0.717) is 5.56 Å². The first-order valence-electron chi connectivity index (χ1n) is 4.56. The second-order valence-corrected chi connectivity index (χ2v) is 3.63. The van der Waals surface area contributed by atoms with Gasteiger partial charge in [0.15, 0.2) is 0 Å². The van der Waals surface area contributed by atoms with E-state index in [4.69, 9.17) is 12.2 Å². The van der Waals surface area contributed by atoms with Crippen LogP contribution >= 0.6 is 12.2 Å². The molecule has 0 spiro atoms. The van der Waals surface area contributed by atoms with Crippen LogP contribution in [0.5, 0.6) is 0 Å². The Labute approximate surface area is 99.4 Å². The molecule has 3 nitrogen and oxygen atoms in total. The first-order chi connectivity index (χ1) is 7.97. The van der Waals surface area contributed by atoms with Crippen LogP contribution in [0.1, 0.15) is 5.82 Å². The van der Waals surface area contributed by atoms with Crippen LogP contribution in [0.15, 0.2) is 30.6 Å². The van der Waals surface area contributed by atoms with Crippen molar-refractivity contribution in [2.24, 2.45) is 0 Å². The van der Waals surface area contributed by atoms with Crippen LogP contribution in [0.25, 0.3) is 11.3 Å². The molecule has 88 valence electrons. The molecule has 0 aliphatic carbocycles. The van der Waals surface area contributed by atoms with Crippen molar-refractivity contribution >= 4 is 12.2 Å². The maximum absolute atomic E-state index is 12.5. The van der Waals surface area contributed by atoms with E-state index in [0.717, 1.165) is 0 Å². The van der Waals surface area contributed by atoms with Gasteiger partial charge < -0.3 is 4.98 Å². The number of nitrogens with one attached hydrogen (secondary N) is 1. The molecule has 0 radical (unpaired) electrons. The Bertz CT molecular complexity index is 577. The number of aromatic nitrogens is 3. The smallest absolute Gasteiger partial charge is 0.335 e. The lowest BCUT2D eigenvalue weighted by Crippen LogP contribution is -2.11. The van der Waals surface area contributed by atoms with Crippen molar-refractivity contribution in [1.29, 1.82) is 0 Å². The fourth-order valence-corrected chi connectivity index (χ4v) is 1.49. The molecule has 2 rings (SSSR count). The molecular formula is C10H6F3N3S. The molecule has 0 aliphatic rings. The normalized spacial score (nSPS) is 11.5. The molecular weight excluding hydrogens is 251 g/mol. The van der Waals surface area contributed by atoms with Gasteiger partial charge >= 0.3 is 6.18 Å². The largest absolute Gasteiger partial charge is 0.449 e. The maximum atomic E-state index is 12.5. The quantitative estimate of drug-likeness (QED) is 0.797. The number of pyridine rings is 1. The fourth-order valence-electron chi connectivity index (χ4n) is 1.28. The molecule has 0 amide bonds. The highest BCUT2D eigenvalue weighted by molar-refractivity contribution is 7.71. The van der Waals surface area contributed by atoms with Gasteiger partial charge in [-0.3, -0.25) is 4.98 Å². The number of H-pyrrole nitrogens is 1. The molecule has 2 aromatic heterocycles. The zero-order chi connectivity index (χ0) is 12.5. The van der Waals surface area contributed by atoms with Crippen LogP contribution in [0.2, 0.25) is 0 Å². The van der Waals surface area contributed by atoms with Crippen LogP contribution in [0.3, 0.4) is 0 Å². The molecule has 2 heterocycles. The first-order valence-corrected chi connectivity index (χ1v) is 4.96. The van der Waals surface area contributed by atoms with Gasteiger partial charge in [0, 0.05) is 18.0 Å². The summed E-state index contributed by atoms with van der Waals surface area (Å²) in [6.07, 6.45) is -1.57. The highest BCUT2D eigenvalue weighted by Crippen LogP contribution is 2.27. The minimum Gasteiger partial charge on any atom is -0.335 e. The van der Waals surface area contributed by atoms with Crippen molar-refractivity contribution in [3.05, 3.63) is 41.1 Å². The summed E-state index contributed by atoms with van der Waals surface area (Å²) in [5.41, 5.74) is 0.832. The van der Waals surface area contributed by atoms with Crippen LogP contribution in [-0.2, 0) is 6.18 Å². The zero-order valence-corrected chi connectivity index (χ0v) is 9.14. The highest BCUT2D eigenvalue weighted by atomic mass is 32.1. The van der Waals surface area contributed by atoms with E-state index in [9.17, 15) is 13.2 Å². The van der Waals surface area contributed by atoms with E-state index in [1.807, 2.05) is 0 Å². The Hall–Kier alpha value is -1.76. The summed E-state index contributed by atoms with van der Waals surface area (Å²) in [6, 6.07) is 4.54. The van der Waals surface area contributed by atoms with Gasteiger partial charge in [0.25, 0.3) is 0 Å². The number of halogens is 3. The Morgan fingerprint density at radius 2 is 1.82 bits per heavy atom. The lowest BCUT2D eigenvalue weighted by molar-refractivity contribution is -0.144. The third-order valence-corrected chi connectivity index (χ3v) is 2.21. The van der Waals surface area contributed by atoms with E-state index in [2.05, 4.69) is 15.0 Å². The first kappa shape index (κ1) is 11.7. The molecule has 2 aromatic rings. The summed E-state index contributed by atoms with van der Waals surface area (Å²) >= 11 is 4.71. The molecule has 17 heavy (non-hydrogen) atoms. The number of aromatic amines is 1. The van der Waals surface area contributed by atoms with Crippen molar-refractivity contribution < 1.29 is 13.2 Å². The molecule has 0 bridgehead atoms. The van der Waals surface area contributed by atoms with Crippen molar-refractivity contribution in [1.82, 2.24) is 15.0 Å². The molecule has 7 heteroatoms. The molecule has 1 N–H and O–H groups in total. The number of rotatable bonds is 1. The Kier molecular flexibility index (Phi) is 2.93. The summed E-state index contributed by atoms with van der Waals surface area (Å²) in [5, 5.41) is 0. The van der Waals surface area contributed by atoms with Gasteiger partial charge in [0.2, 0.25) is 5.82 Å². The third-order valence-electron chi connectivity index (χ3n) is 2.00. The Balaban J connectivity index is 2.58. The van der Waals surface area contributed by atoms with Crippen molar-refractivity contribution in [3.8, 4) is 11.3 Å².